The summed E-state index contributed by atoms with van der Waals surface area (Å²) in [5.74, 6) is -3.23. The molecule has 1 saturated carbocycles. The van der Waals surface area contributed by atoms with E-state index in [1.54, 1.807) is 13.8 Å². The van der Waals surface area contributed by atoms with Gasteiger partial charge in [0, 0.05) is 4.88 Å². The Morgan fingerprint density at radius 3 is 2.38 bits per heavy atom. The Morgan fingerprint density at radius 1 is 1.19 bits per heavy atom. The van der Waals surface area contributed by atoms with Gasteiger partial charge in [-0.3, -0.25) is 9.59 Å². The van der Waals surface area contributed by atoms with Crippen molar-refractivity contribution in [1.82, 2.24) is 0 Å². The second kappa shape index (κ2) is 6.87. The number of carbonyl (C=O) groups is 3. The van der Waals surface area contributed by atoms with Crippen LogP contribution in [0.25, 0.3) is 0 Å². The molecule has 2 N–H and O–H groups in total. The maximum Gasteiger partial charge on any atom is 0.341 e. The van der Waals surface area contributed by atoms with Gasteiger partial charge in [0.1, 0.15) is 5.00 Å². The first-order valence-corrected chi connectivity index (χ1v) is 9.55. The monoisotopic (exact) mass is 377 g/mol. The van der Waals surface area contributed by atoms with Gasteiger partial charge in [-0.15, -0.1) is 11.3 Å². The van der Waals surface area contributed by atoms with E-state index in [4.69, 9.17) is 4.74 Å². The van der Waals surface area contributed by atoms with Crippen molar-refractivity contribution >= 4 is 34.2 Å². The molecule has 2 bridgehead atoms. The summed E-state index contributed by atoms with van der Waals surface area (Å²) in [4.78, 5) is 37.9. The molecule has 1 heterocycles. The molecule has 4 atom stereocenters. The molecule has 6 nitrogen and oxygen atoms in total. The Hall–Kier alpha value is -2.15. The molecule has 1 amide bonds. The van der Waals surface area contributed by atoms with Crippen molar-refractivity contribution in [2.75, 3.05) is 5.32 Å². The number of hydrogen-bond donors (Lipinski definition) is 2. The van der Waals surface area contributed by atoms with Crippen molar-refractivity contribution in [2.24, 2.45) is 23.7 Å². The number of rotatable bonds is 5. The Morgan fingerprint density at radius 2 is 1.81 bits per heavy atom. The molecule has 2 aliphatic rings. The molecule has 7 heteroatoms. The lowest BCUT2D eigenvalue weighted by molar-refractivity contribution is -0.146. The van der Waals surface area contributed by atoms with Crippen LogP contribution in [0.1, 0.15) is 41.1 Å². The van der Waals surface area contributed by atoms with Crippen molar-refractivity contribution in [3.05, 3.63) is 28.2 Å². The summed E-state index contributed by atoms with van der Waals surface area (Å²) < 4.78 is 5.30. The highest BCUT2D eigenvalue weighted by molar-refractivity contribution is 7.16. The first-order valence-electron chi connectivity index (χ1n) is 8.73. The number of aryl methyl sites for hydroxylation is 1. The normalized spacial score (nSPS) is 26.3. The Labute approximate surface area is 156 Å². The molecular formula is C19H23NO5S. The minimum atomic E-state index is -0.944. The fourth-order valence-corrected chi connectivity index (χ4v) is 5.00. The molecule has 1 fully saturated rings. The van der Waals surface area contributed by atoms with E-state index in [1.807, 2.05) is 26.0 Å². The van der Waals surface area contributed by atoms with Crippen LogP contribution >= 0.6 is 11.3 Å². The van der Waals surface area contributed by atoms with Gasteiger partial charge in [-0.1, -0.05) is 12.2 Å². The van der Waals surface area contributed by atoms with E-state index in [0.29, 0.717) is 17.0 Å². The van der Waals surface area contributed by atoms with Crippen LogP contribution in [-0.4, -0.2) is 29.1 Å². The van der Waals surface area contributed by atoms with Gasteiger partial charge in [0.15, 0.2) is 0 Å². The van der Waals surface area contributed by atoms with Crippen molar-refractivity contribution in [1.29, 1.82) is 0 Å². The van der Waals surface area contributed by atoms with Gasteiger partial charge in [-0.2, -0.15) is 0 Å². The first-order chi connectivity index (χ1) is 12.2. The Balaban J connectivity index is 1.86. The van der Waals surface area contributed by atoms with Crippen molar-refractivity contribution in [3.63, 3.8) is 0 Å². The molecule has 2 aliphatic carbocycles. The quantitative estimate of drug-likeness (QED) is 0.606. The van der Waals surface area contributed by atoms with Crippen LogP contribution in [0.5, 0.6) is 0 Å². The van der Waals surface area contributed by atoms with Gasteiger partial charge in [0.25, 0.3) is 0 Å². The van der Waals surface area contributed by atoms with Crippen LogP contribution in [0.2, 0.25) is 0 Å². The summed E-state index contributed by atoms with van der Waals surface area (Å²) in [6.45, 7) is 7.23. The number of carboxylic acids is 1. The van der Waals surface area contributed by atoms with Crippen molar-refractivity contribution in [2.45, 2.75) is 40.2 Å². The number of nitrogens with one attached hydrogen (secondary N) is 1. The molecule has 0 aliphatic heterocycles. The van der Waals surface area contributed by atoms with Crippen molar-refractivity contribution in [3.8, 4) is 0 Å². The molecule has 140 valence electrons. The van der Waals surface area contributed by atoms with Crippen LogP contribution in [0.4, 0.5) is 5.00 Å². The topological polar surface area (TPSA) is 92.7 Å². The highest BCUT2D eigenvalue weighted by Gasteiger charge is 2.51. The lowest BCUT2D eigenvalue weighted by Crippen LogP contribution is -2.36. The van der Waals surface area contributed by atoms with E-state index in [9.17, 15) is 19.5 Å². The highest BCUT2D eigenvalue weighted by Crippen LogP contribution is 2.48. The Kier molecular flexibility index (Phi) is 4.92. The molecule has 3 rings (SSSR count). The lowest BCUT2D eigenvalue weighted by Gasteiger charge is -2.23. The predicted octanol–water partition coefficient (Wildman–Crippen LogP) is 3.39. The van der Waals surface area contributed by atoms with Crippen LogP contribution in [-0.2, 0) is 14.3 Å². The fraction of sp³-hybridized carbons (Fsp3) is 0.526. The second-order valence-corrected chi connectivity index (χ2v) is 8.49. The predicted molar refractivity (Wildman–Crippen MR) is 98.3 cm³/mol. The average Bonchev–Trinajstić information content (AvgIpc) is 3.20. The standard InChI is InChI=1S/C19H23NO5S/c1-8(2)25-19(24)13-9(3)10(4)26-17(13)20-16(21)14-11-5-6-12(7-11)15(14)18(22)23/h5-6,8,11-12,14-15H,7H2,1-4H3,(H,20,21)(H,22,23)/t11-,12-,14-,15+/m0/s1. The van der Waals surface area contributed by atoms with Crippen LogP contribution in [0.3, 0.4) is 0 Å². The van der Waals surface area contributed by atoms with Gasteiger partial charge in [0.05, 0.1) is 23.5 Å². The zero-order valence-corrected chi connectivity index (χ0v) is 16.1. The third-order valence-electron chi connectivity index (χ3n) is 5.22. The molecule has 1 aromatic rings. The number of amides is 1. The maximum atomic E-state index is 12.9. The van der Waals surface area contributed by atoms with Crippen LogP contribution < -0.4 is 5.32 Å². The highest BCUT2D eigenvalue weighted by atomic mass is 32.1. The number of anilines is 1. The maximum absolute atomic E-state index is 12.9. The Bertz CT molecular complexity index is 794. The molecule has 0 radical (unpaired) electrons. The van der Waals surface area contributed by atoms with Gasteiger partial charge >= 0.3 is 11.9 Å². The van der Waals surface area contributed by atoms with E-state index >= 15 is 0 Å². The average molecular weight is 377 g/mol. The summed E-state index contributed by atoms with van der Waals surface area (Å²) in [6.07, 6.45) is 4.27. The number of aliphatic carboxylic acids is 1. The van der Waals surface area contributed by atoms with Crippen LogP contribution in [0, 0.1) is 37.5 Å². The SMILES string of the molecule is Cc1sc(NC(=O)[C@@H]2[C@H](C(=O)O)[C@H]3C=C[C@H]2C3)c(C(=O)OC(C)C)c1C. The van der Waals surface area contributed by atoms with E-state index < -0.39 is 23.8 Å². The molecule has 0 unspecified atom stereocenters. The molecule has 0 aromatic carbocycles. The third-order valence-corrected chi connectivity index (χ3v) is 6.34. The van der Waals surface area contributed by atoms with E-state index in [0.717, 1.165) is 10.4 Å². The van der Waals surface area contributed by atoms with E-state index in [2.05, 4.69) is 5.32 Å². The summed E-state index contributed by atoms with van der Waals surface area (Å²) in [5.41, 5.74) is 1.14. The molecular weight excluding hydrogens is 354 g/mol. The number of carbonyl (C=O) groups excluding carboxylic acids is 2. The molecule has 1 aromatic heterocycles. The van der Waals surface area contributed by atoms with E-state index in [-0.39, 0.29) is 23.8 Å². The number of esters is 1. The summed E-state index contributed by atoms with van der Waals surface area (Å²) >= 11 is 1.31. The molecule has 26 heavy (non-hydrogen) atoms. The fourth-order valence-electron chi connectivity index (χ4n) is 3.95. The zero-order valence-electron chi connectivity index (χ0n) is 15.2. The number of allylic oxidation sites excluding steroid dienone is 2. The third kappa shape index (κ3) is 3.16. The summed E-state index contributed by atoms with van der Waals surface area (Å²) in [7, 11) is 0. The number of ether oxygens (including phenoxy) is 1. The number of fused-ring (bicyclic) bond motifs is 2. The zero-order chi connectivity index (χ0) is 19.2. The van der Waals surface area contributed by atoms with E-state index in [1.165, 1.54) is 11.3 Å². The van der Waals surface area contributed by atoms with Gasteiger partial charge in [0.2, 0.25) is 5.91 Å². The number of carboxylic acid groups (broad SMARTS) is 1. The minimum Gasteiger partial charge on any atom is -0.481 e. The van der Waals surface area contributed by atoms with Crippen LogP contribution in [0.15, 0.2) is 12.2 Å². The lowest BCUT2D eigenvalue weighted by atomic mass is 9.82. The molecule has 0 spiro atoms. The largest absolute Gasteiger partial charge is 0.481 e. The van der Waals surface area contributed by atoms with Gasteiger partial charge < -0.3 is 15.2 Å². The summed E-state index contributed by atoms with van der Waals surface area (Å²) in [6, 6.07) is 0. The second-order valence-electron chi connectivity index (χ2n) is 7.27. The minimum absolute atomic E-state index is 0.0608. The van der Waals surface area contributed by atoms with Crippen molar-refractivity contribution < 1.29 is 24.2 Å². The number of hydrogen-bond acceptors (Lipinski definition) is 5. The summed E-state index contributed by atoms with van der Waals surface area (Å²) in [5, 5.41) is 12.8. The smallest absolute Gasteiger partial charge is 0.341 e. The number of thiophene rings is 1. The molecule has 0 saturated heterocycles. The van der Waals surface area contributed by atoms with Gasteiger partial charge in [-0.25, -0.2) is 4.79 Å². The first kappa shape index (κ1) is 18.6. The van der Waals surface area contributed by atoms with Gasteiger partial charge in [-0.05, 0) is 51.5 Å².